The maximum atomic E-state index is 12.1. The molecule has 0 spiro atoms. The van der Waals surface area contributed by atoms with E-state index in [1.54, 1.807) is 17.1 Å². The van der Waals surface area contributed by atoms with Crippen molar-refractivity contribution in [1.82, 2.24) is 34.2 Å². The van der Waals surface area contributed by atoms with Gasteiger partial charge in [0, 0.05) is 49.2 Å². The van der Waals surface area contributed by atoms with Gasteiger partial charge in [-0.3, -0.25) is 9.48 Å². The minimum absolute atomic E-state index is 0.0248. The average molecular weight is 521 g/mol. The molecule has 0 aliphatic carbocycles. The summed E-state index contributed by atoms with van der Waals surface area (Å²) >= 11 is 0. The summed E-state index contributed by atoms with van der Waals surface area (Å²) in [5, 5.41) is 5.43. The van der Waals surface area contributed by atoms with E-state index in [1.165, 1.54) is 6.33 Å². The molecule has 0 unspecified atom stereocenters. The van der Waals surface area contributed by atoms with Crippen LogP contribution >= 0.6 is 0 Å². The van der Waals surface area contributed by atoms with Crippen molar-refractivity contribution in [2.24, 2.45) is 7.05 Å². The van der Waals surface area contributed by atoms with Gasteiger partial charge in [0.25, 0.3) is 0 Å². The van der Waals surface area contributed by atoms with Gasteiger partial charge in [0.05, 0.1) is 23.3 Å². The minimum Gasteiger partial charge on any atom is -0.439 e. The zero-order valence-corrected chi connectivity index (χ0v) is 21.9. The number of carbonyl (C=O) groups excluding carboxylic acids is 1. The standard InChI is InChI=1S/C29H28N8O2/c1-4-6-24(38)36-15-21(16-36)37-14-20(13-33-37)27-25(26-28(30)31-17-32-29(26)35(27)3)19-9-11-22(12-10-19)39-23-8-5-7-18(2)34-23/h4-14,17,21H,15-16H2,1-3H3,(H2,30,31,32)/b6-4+. The second-order valence-corrected chi connectivity index (χ2v) is 9.59. The monoisotopic (exact) mass is 520 g/mol. The minimum atomic E-state index is 0.0248. The molecular formula is C29H28N8O2. The Kier molecular flexibility index (Phi) is 6.07. The van der Waals surface area contributed by atoms with Gasteiger partial charge in [-0.2, -0.15) is 5.10 Å². The zero-order valence-electron chi connectivity index (χ0n) is 21.9. The smallest absolute Gasteiger partial charge is 0.246 e. The number of amides is 1. The number of benzene rings is 1. The third-order valence-electron chi connectivity index (χ3n) is 6.96. The van der Waals surface area contributed by atoms with Crippen molar-refractivity contribution in [2.45, 2.75) is 19.9 Å². The maximum absolute atomic E-state index is 12.1. The highest BCUT2D eigenvalue weighted by atomic mass is 16.5. The van der Waals surface area contributed by atoms with Crippen LogP contribution in [0.1, 0.15) is 18.7 Å². The Morgan fingerprint density at radius 2 is 1.90 bits per heavy atom. The molecule has 4 aromatic heterocycles. The second kappa shape index (κ2) is 9.71. The van der Waals surface area contributed by atoms with Crippen molar-refractivity contribution in [3.05, 3.63) is 79.0 Å². The topological polar surface area (TPSA) is 117 Å². The van der Waals surface area contributed by atoms with Gasteiger partial charge >= 0.3 is 0 Å². The highest BCUT2D eigenvalue weighted by Gasteiger charge is 2.32. The van der Waals surface area contributed by atoms with Crippen LogP contribution < -0.4 is 10.5 Å². The van der Waals surface area contributed by atoms with Crippen molar-refractivity contribution < 1.29 is 9.53 Å². The Morgan fingerprint density at radius 1 is 1.10 bits per heavy atom. The molecule has 0 atom stereocenters. The van der Waals surface area contributed by atoms with E-state index in [2.05, 4.69) is 20.1 Å². The summed E-state index contributed by atoms with van der Waals surface area (Å²) < 4.78 is 9.91. The first-order valence-corrected chi connectivity index (χ1v) is 12.7. The van der Waals surface area contributed by atoms with Gasteiger partial charge in [-0.05, 0) is 43.7 Å². The Bertz CT molecular complexity index is 1710. The molecule has 39 heavy (non-hydrogen) atoms. The largest absolute Gasteiger partial charge is 0.439 e. The Hall–Kier alpha value is -4.99. The number of carbonyl (C=O) groups is 1. The molecule has 10 nitrogen and oxygen atoms in total. The summed E-state index contributed by atoms with van der Waals surface area (Å²) in [6.45, 7) is 5.02. The van der Waals surface area contributed by atoms with Crippen LogP contribution in [0.2, 0.25) is 0 Å². The lowest BCUT2D eigenvalue weighted by atomic mass is 10.00. The van der Waals surface area contributed by atoms with Crippen molar-refractivity contribution in [3.8, 4) is 34.0 Å². The summed E-state index contributed by atoms with van der Waals surface area (Å²) in [6, 6.07) is 13.6. The summed E-state index contributed by atoms with van der Waals surface area (Å²) in [5.41, 5.74) is 11.7. The third-order valence-corrected chi connectivity index (χ3v) is 6.96. The average Bonchev–Trinajstić information content (AvgIpc) is 3.47. The number of nitrogen functional groups attached to an aromatic ring is 1. The molecule has 1 saturated heterocycles. The Labute approximate surface area is 225 Å². The predicted octanol–water partition coefficient (Wildman–Crippen LogP) is 4.54. The van der Waals surface area contributed by atoms with Crippen LogP contribution in [-0.2, 0) is 11.8 Å². The molecule has 1 amide bonds. The summed E-state index contributed by atoms with van der Waals surface area (Å²) in [5.74, 6) is 1.65. The molecule has 196 valence electrons. The van der Waals surface area contributed by atoms with Crippen LogP contribution in [0.25, 0.3) is 33.4 Å². The molecule has 1 fully saturated rings. The molecule has 1 aliphatic heterocycles. The van der Waals surface area contributed by atoms with Gasteiger partial charge in [0.2, 0.25) is 11.8 Å². The maximum Gasteiger partial charge on any atom is 0.246 e. The van der Waals surface area contributed by atoms with Crippen LogP contribution in [0.15, 0.2) is 73.3 Å². The SMILES string of the molecule is C/C=C/C(=O)N1CC(n2cc(-c3c(-c4ccc(Oc5cccc(C)n5)cc4)c4c(N)ncnc4n3C)cn2)C1. The highest BCUT2D eigenvalue weighted by Crippen LogP contribution is 2.42. The number of nitrogens with zero attached hydrogens (tertiary/aromatic N) is 7. The van der Waals surface area contributed by atoms with Crippen molar-refractivity contribution in [2.75, 3.05) is 18.8 Å². The summed E-state index contributed by atoms with van der Waals surface area (Å²) in [7, 11) is 1.96. The molecule has 6 rings (SSSR count). The van der Waals surface area contributed by atoms with Gasteiger partial charge < -0.3 is 19.9 Å². The number of likely N-dealkylation sites (tertiary alicyclic amines) is 1. The van der Waals surface area contributed by atoms with Crippen LogP contribution in [0.5, 0.6) is 11.6 Å². The van der Waals surface area contributed by atoms with Gasteiger partial charge in [-0.1, -0.05) is 24.3 Å². The highest BCUT2D eigenvalue weighted by molar-refractivity contribution is 6.07. The van der Waals surface area contributed by atoms with Gasteiger partial charge in [0.15, 0.2) is 0 Å². The number of hydrogen-bond acceptors (Lipinski definition) is 7. The first-order valence-electron chi connectivity index (χ1n) is 12.7. The summed E-state index contributed by atoms with van der Waals surface area (Å²) in [6.07, 6.45) is 8.69. The second-order valence-electron chi connectivity index (χ2n) is 9.59. The van der Waals surface area contributed by atoms with Gasteiger partial charge in [-0.15, -0.1) is 0 Å². The van der Waals surface area contributed by atoms with E-state index in [4.69, 9.17) is 10.5 Å². The molecule has 0 radical (unpaired) electrons. The quantitative estimate of drug-likeness (QED) is 0.327. The van der Waals surface area contributed by atoms with Crippen LogP contribution in [0.3, 0.4) is 0 Å². The molecule has 0 bridgehead atoms. The Balaban J connectivity index is 1.36. The van der Waals surface area contributed by atoms with Crippen molar-refractivity contribution >= 4 is 22.8 Å². The van der Waals surface area contributed by atoms with Gasteiger partial charge in [0.1, 0.15) is 23.5 Å². The van der Waals surface area contributed by atoms with E-state index in [0.717, 1.165) is 39.1 Å². The Morgan fingerprint density at radius 3 is 2.64 bits per heavy atom. The van der Waals surface area contributed by atoms with Gasteiger partial charge in [-0.25, -0.2) is 15.0 Å². The van der Waals surface area contributed by atoms with Crippen LogP contribution in [0.4, 0.5) is 5.82 Å². The lowest BCUT2D eigenvalue weighted by Gasteiger charge is -2.38. The number of aryl methyl sites for hydroxylation is 2. The molecule has 2 N–H and O–H groups in total. The fraction of sp³-hybridized carbons (Fsp3) is 0.207. The molecule has 0 saturated carbocycles. The number of nitrogens with two attached hydrogens (primary N) is 1. The number of allylic oxidation sites excluding steroid dienone is 1. The van der Waals surface area contributed by atoms with Crippen molar-refractivity contribution in [3.63, 3.8) is 0 Å². The molecular weight excluding hydrogens is 492 g/mol. The number of hydrogen-bond donors (Lipinski definition) is 1. The van der Waals surface area contributed by atoms with E-state index in [0.29, 0.717) is 30.5 Å². The fourth-order valence-electron chi connectivity index (χ4n) is 4.99. The zero-order chi connectivity index (χ0) is 27.1. The van der Waals surface area contributed by atoms with E-state index >= 15 is 0 Å². The molecule has 1 aliphatic rings. The number of aromatic nitrogens is 6. The first-order chi connectivity index (χ1) is 18.9. The number of fused-ring (bicyclic) bond motifs is 1. The number of rotatable bonds is 6. The van der Waals surface area contributed by atoms with E-state index in [9.17, 15) is 4.79 Å². The number of anilines is 1. The summed E-state index contributed by atoms with van der Waals surface area (Å²) in [4.78, 5) is 27.1. The van der Waals surface area contributed by atoms with E-state index < -0.39 is 0 Å². The molecule has 1 aromatic carbocycles. The molecule has 5 aromatic rings. The van der Waals surface area contributed by atoms with Crippen LogP contribution in [-0.4, -0.2) is 53.2 Å². The molecule has 5 heterocycles. The normalized spacial score (nSPS) is 13.8. The number of ether oxygens (including phenoxy) is 1. The fourth-order valence-corrected chi connectivity index (χ4v) is 4.99. The first kappa shape index (κ1) is 24.4. The lowest BCUT2D eigenvalue weighted by Crippen LogP contribution is -2.50. The molecule has 10 heteroatoms. The van der Waals surface area contributed by atoms with Crippen molar-refractivity contribution in [1.29, 1.82) is 0 Å². The van der Waals surface area contributed by atoms with E-state index in [-0.39, 0.29) is 11.9 Å². The number of pyridine rings is 1. The van der Waals surface area contributed by atoms with E-state index in [1.807, 2.05) is 85.0 Å². The third kappa shape index (κ3) is 4.39. The van der Waals surface area contributed by atoms with Crippen LogP contribution in [0, 0.1) is 6.92 Å². The predicted molar refractivity (Wildman–Crippen MR) is 149 cm³/mol. The lowest BCUT2D eigenvalue weighted by molar-refractivity contribution is -0.131.